The molecule has 5 heteroatoms. The normalized spacial score (nSPS) is 17.4. The third kappa shape index (κ3) is 3.72. The van der Waals surface area contributed by atoms with Gasteiger partial charge in [0.2, 0.25) is 0 Å². The highest BCUT2D eigenvalue weighted by atomic mass is 16.5. The van der Waals surface area contributed by atoms with Gasteiger partial charge in [0.1, 0.15) is 17.6 Å². The van der Waals surface area contributed by atoms with E-state index in [1.807, 2.05) is 36.4 Å². The lowest BCUT2D eigenvalue weighted by Gasteiger charge is -2.34. The lowest BCUT2D eigenvalue weighted by Crippen LogP contribution is -2.42. The van der Waals surface area contributed by atoms with Crippen LogP contribution in [0.2, 0.25) is 0 Å². The summed E-state index contributed by atoms with van der Waals surface area (Å²) in [6.45, 7) is 1.91. The average Bonchev–Trinajstić information content (AvgIpc) is 2.63. The van der Waals surface area contributed by atoms with Gasteiger partial charge in [0.15, 0.2) is 0 Å². The average molecular weight is 308 g/mol. The maximum absolute atomic E-state index is 8.86. The van der Waals surface area contributed by atoms with Crippen molar-refractivity contribution >= 4 is 11.5 Å². The summed E-state index contributed by atoms with van der Waals surface area (Å²) >= 11 is 0. The summed E-state index contributed by atoms with van der Waals surface area (Å²) in [4.78, 5) is 6.67. The number of aromatic nitrogens is 1. The Balaban J connectivity index is 1.64. The minimum atomic E-state index is 0.384. The number of rotatable bonds is 4. The summed E-state index contributed by atoms with van der Waals surface area (Å²) in [5, 5.41) is 12.4. The van der Waals surface area contributed by atoms with Crippen molar-refractivity contribution in [2.24, 2.45) is 0 Å². The Morgan fingerprint density at radius 1 is 1.26 bits per heavy atom. The number of anilines is 2. The predicted molar refractivity (Wildman–Crippen MR) is 90.8 cm³/mol. The molecule has 1 fully saturated rings. The molecule has 23 heavy (non-hydrogen) atoms. The molecular formula is C18H20N4O. The molecule has 1 saturated heterocycles. The number of methoxy groups -OCH3 is 1. The molecule has 0 saturated carbocycles. The molecule has 0 bridgehead atoms. The molecule has 1 aliphatic heterocycles. The molecule has 118 valence electrons. The second kappa shape index (κ2) is 7.01. The van der Waals surface area contributed by atoms with Crippen LogP contribution >= 0.6 is 0 Å². The molecule has 2 heterocycles. The van der Waals surface area contributed by atoms with E-state index in [2.05, 4.69) is 21.3 Å². The maximum Gasteiger partial charge on any atom is 0.128 e. The van der Waals surface area contributed by atoms with Gasteiger partial charge in [0.25, 0.3) is 0 Å². The highest BCUT2D eigenvalue weighted by molar-refractivity contribution is 5.48. The van der Waals surface area contributed by atoms with Crippen LogP contribution in [-0.4, -0.2) is 31.2 Å². The van der Waals surface area contributed by atoms with Gasteiger partial charge in [-0.15, -0.1) is 0 Å². The Labute approximate surface area is 136 Å². The van der Waals surface area contributed by atoms with E-state index in [9.17, 15) is 0 Å². The van der Waals surface area contributed by atoms with E-state index >= 15 is 0 Å². The Morgan fingerprint density at radius 3 is 2.74 bits per heavy atom. The van der Waals surface area contributed by atoms with Gasteiger partial charge in [0, 0.05) is 31.0 Å². The van der Waals surface area contributed by atoms with Crippen LogP contribution in [0.3, 0.4) is 0 Å². The van der Waals surface area contributed by atoms with Crippen molar-refractivity contribution in [3.05, 3.63) is 48.2 Å². The van der Waals surface area contributed by atoms with Gasteiger partial charge >= 0.3 is 0 Å². The molecule has 1 aliphatic rings. The number of pyridine rings is 1. The first kappa shape index (κ1) is 15.2. The van der Waals surface area contributed by atoms with Gasteiger partial charge in [-0.05, 0) is 49.2 Å². The van der Waals surface area contributed by atoms with Gasteiger partial charge in [0.05, 0.1) is 12.7 Å². The first-order chi connectivity index (χ1) is 11.3. The monoisotopic (exact) mass is 308 g/mol. The van der Waals surface area contributed by atoms with Crippen molar-refractivity contribution in [3.63, 3.8) is 0 Å². The minimum Gasteiger partial charge on any atom is -0.497 e. The van der Waals surface area contributed by atoms with Crippen molar-refractivity contribution in [2.45, 2.75) is 18.9 Å². The summed E-state index contributed by atoms with van der Waals surface area (Å²) in [5.74, 6) is 1.80. The minimum absolute atomic E-state index is 0.384. The fourth-order valence-electron chi connectivity index (χ4n) is 2.87. The topological polar surface area (TPSA) is 61.2 Å². The molecule has 1 aromatic carbocycles. The quantitative estimate of drug-likeness (QED) is 0.940. The molecule has 1 atom stereocenters. The fourth-order valence-corrected chi connectivity index (χ4v) is 2.87. The molecule has 0 unspecified atom stereocenters. The summed E-state index contributed by atoms with van der Waals surface area (Å²) in [7, 11) is 1.67. The summed E-state index contributed by atoms with van der Waals surface area (Å²) in [6, 6.07) is 14.2. The summed E-state index contributed by atoms with van der Waals surface area (Å²) in [5.41, 5.74) is 1.70. The van der Waals surface area contributed by atoms with Crippen molar-refractivity contribution in [2.75, 3.05) is 30.4 Å². The van der Waals surface area contributed by atoms with Crippen LogP contribution in [0.25, 0.3) is 0 Å². The number of nitrogens with zero attached hydrogens (tertiary/aromatic N) is 3. The molecular weight excluding hydrogens is 288 g/mol. The SMILES string of the molecule is COc1ccc(N[C@@H]2CCCN(c3ccc(C#N)cn3)C2)cc1. The van der Waals surface area contributed by atoms with Crippen molar-refractivity contribution < 1.29 is 4.74 Å². The van der Waals surface area contributed by atoms with Crippen LogP contribution in [0.15, 0.2) is 42.6 Å². The number of nitrogens with one attached hydrogen (secondary N) is 1. The lowest BCUT2D eigenvalue weighted by atomic mass is 10.1. The van der Waals surface area contributed by atoms with E-state index in [0.29, 0.717) is 11.6 Å². The number of ether oxygens (including phenoxy) is 1. The van der Waals surface area contributed by atoms with Gasteiger partial charge in [-0.3, -0.25) is 0 Å². The van der Waals surface area contributed by atoms with Gasteiger partial charge in [-0.2, -0.15) is 5.26 Å². The number of nitriles is 1. The summed E-state index contributed by atoms with van der Waals surface area (Å²) < 4.78 is 5.19. The van der Waals surface area contributed by atoms with Crippen LogP contribution in [0, 0.1) is 11.3 Å². The Bertz CT molecular complexity index is 676. The van der Waals surface area contributed by atoms with Crippen LogP contribution < -0.4 is 15.0 Å². The zero-order chi connectivity index (χ0) is 16.1. The maximum atomic E-state index is 8.86. The zero-order valence-electron chi connectivity index (χ0n) is 13.2. The second-order valence-electron chi connectivity index (χ2n) is 5.67. The van der Waals surface area contributed by atoms with E-state index in [-0.39, 0.29) is 0 Å². The molecule has 0 aliphatic carbocycles. The largest absolute Gasteiger partial charge is 0.497 e. The van der Waals surface area contributed by atoms with Crippen molar-refractivity contribution in [1.29, 1.82) is 5.26 Å². The molecule has 3 rings (SSSR count). The van der Waals surface area contributed by atoms with Gasteiger partial charge < -0.3 is 15.0 Å². The Kier molecular flexibility index (Phi) is 4.62. The lowest BCUT2D eigenvalue weighted by molar-refractivity contribution is 0.415. The zero-order valence-corrected chi connectivity index (χ0v) is 13.2. The standard InChI is InChI=1S/C18H20N4O/c1-23-17-7-5-15(6-8-17)21-16-3-2-10-22(13-16)18-9-4-14(11-19)12-20-18/h4-9,12,16,21H,2-3,10,13H2,1H3/t16-/m1/s1. The highest BCUT2D eigenvalue weighted by Gasteiger charge is 2.20. The molecule has 1 N–H and O–H groups in total. The van der Waals surface area contributed by atoms with E-state index in [4.69, 9.17) is 10.00 Å². The van der Waals surface area contributed by atoms with E-state index in [0.717, 1.165) is 43.2 Å². The van der Waals surface area contributed by atoms with E-state index < -0.39 is 0 Å². The second-order valence-corrected chi connectivity index (χ2v) is 5.67. The van der Waals surface area contributed by atoms with Crippen LogP contribution in [-0.2, 0) is 0 Å². The highest BCUT2D eigenvalue weighted by Crippen LogP contribution is 2.22. The van der Waals surface area contributed by atoms with Crippen LogP contribution in [0.5, 0.6) is 5.75 Å². The van der Waals surface area contributed by atoms with E-state index in [1.54, 1.807) is 13.3 Å². The number of benzene rings is 1. The number of piperidine rings is 1. The fraction of sp³-hybridized carbons (Fsp3) is 0.333. The summed E-state index contributed by atoms with van der Waals surface area (Å²) in [6.07, 6.45) is 3.89. The van der Waals surface area contributed by atoms with Crippen molar-refractivity contribution in [1.82, 2.24) is 4.98 Å². The Morgan fingerprint density at radius 2 is 2.09 bits per heavy atom. The van der Waals surface area contributed by atoms with Gasteiger partial charge in [-0.1, -0.05) is 0 Å². The van der Waals surface area contributed by atoms with Crippen LogP contribution in [0.1, 0.15) is 18.4 Å². The molecule has 5 nitrogen and oxygen atoms in total. The number of hydrogen-bond acceptors (Lipinski definition) is 5. The molecule has 0 amide bonds. The third-order valence-corrected chi connectivity index (χ3v) is 4.08. The Hall–Kier alpha value is -2.74. The smallest absolute Gasteiger partial charge is 0.128 e. The van der Waals surface area contributed by atoms with Gasteiger partial charge in [-0.25, -0.2) is 4.98 Å². The first-order valence-electron chi connectivity index (χ1n) is 7.80. The molecule has 2 aromatic rings. The van der Waals surface area contributed by atoms with Crippen molar-refractivity contribution in [3.8, 4) is 11.8 Å². The molecule has 1 aromatic heterocycles. The first-order valence-corrected chi connectivity index (χ1v) is 7.80. The third-order valence-electron chi connectivity index (χ3n) is 4.08. The molecule has 0 radical (unpaired) electrons. The predicted octanol–water partition coefficient (Wildman–Crippen LogP) is 3.04. The van der Waals surface area contributed by atoms with Crippen LogP contribution in [0.4, 0.5) is 11.5 Å². The van der Waals surface area contributed by atoms with E-state index in [1.165, 1.54) is 0 Å². The molecule has 0 spiro atoms. The number of hydrogen-bond donors (Lipinski definition) is 1.